The second-order valence-corrected chi connectivity index (χ2v) is 4.34. The highest BCUT2D eigenvalue weighted by atomic mass is 35.5. The lowest BCUT2D eigenvalue weighted by Gasteiger charge is -2.37. The number of hydrogen-bond acceptors (Lipinski definition) is 2. The summed E-state index contributed by atoms with van der Waals surface area (Å²) in [4.78, 5) is 2.33. The Hall–Kier alpha value is 0.210. The van der Waals surface area contributed by atoms with Gasteiger partial charge in [0.15, 0.2) is 0 Å². The summed E-state index contributed by atoms with van der Waals surface area (Å²) in [6.45, 7) is 6.08. The minimum atomic E-state index is 0.0833. The predicted octanol–water partition coefficient (Wildman–Crippen LogP) is 1.72. The Bertz CT molecular complexity index is 143. The Morgan fingerprint density at radius 3 is 2.67 bits per heavy atom. The van der Waals surface area contributed by atoms with Gasteiger partial charge in [0.25, 0.3) is 0 Å². The van der Waals surface area contributed by atoms with Crippen molar-refractivity contribution in [3.63, 3.8) is 0 Å². The van der Waals surface area contributed by atoms with Gasteiger partial charge in [0.1, 0.15) is 0 Å². The van der Waals surface area contributed by atoms with Crippen LogP contribution in [0.2, 0.25) is 0 Å². The van der Waals surface area contributed by atoms with Crippen LogP contribution in [0.3, 0.4) is 0 Å². The third-order valence-electron chi connectivity index (χ3n) is 2.74. The van der Waals surface area contributed by atoms with Crippen LogP contribution in [0.25, 0.3) is 0 Å². The van der Waals surface area contributed by atoms with Crippen molar-refractivity contribution in [2.75, 3.05) is 26.1 Å². The molecule has 1 saturated heterocycles. The van der Waals surface area contributed by atoms with Gasteiger partial charge < -0.3 is 4.74 Å². The van der Waals surface area contributed by atoms with Crippen LogP contribution in [-0.4, -0.2) is 42.6 Å². The minimum absolute atomic E-state index is 0.0833. The third kappa shape index (κ3) is 2.12. The first kappa shape index (κ1) is 10.3. The summed E-state index contributed by atoms with van der Waals surface area (Å²) in [6.07, 6.45) is 1.14. The zero-order valence-corrected chi connectivity index (χ0v) is 8.90. The van der Waals surface area contributed by atoms with Crippen LogP contribution in [-0.2, 0) is 4.74 Å². The third-order valence-corrected chi connectivity index (χ3v) is 3.39. The number of rotatable bonds is 3. The molecule has 0 amide bonds. The number of halogens is 1. The van der Waals surface area contributed by atoms with E-state index in [4.69, 9.17) is 16.3 Å². The Balaban J connectivity index is 2.50. The van der Waals surface area contributed by atoms with Crippen LogP contribution >= 0.6 is 11.6 Å². The van der Waals surface area contributed by atoms with Crippen molar-refractivity contribution in [1.82, 2.24) is 4.90 Å². The average Bonchev–Trinajstić information content (AvgIpc) is 2.55. The summed E-state index contributed by atoms with van der Waals surface area (Å²) in [5, 5.41) is 0. The molecule has 12 heavy (non-hydrogen) atoms. The van der Waals surface area contributed by atoms with Crippen molar-refractivity contribution in [2.24, 2.45) is 0 Å². The lowest BCUT2D eigenvalue weighted by atomic mass is 10.0. The molecule has 0 radical (unpaired) electrons. The van der Waals surface area contributed by atoms with E-state index in [-0.39, 0.29) is 5.54 Å². The summed E-state index contributed by atoms with van der Waals surface area (Å²) >= 11 is 5.88. The molecule has 1 rings (SSSR count). The molecule has 0 spiro atoms. The van der Waals surface area contributed by atoms with Gasteiger partial charge >= 0.3 is 0 Å². The lowest BCUT2D eigenvalue weighted by Crippen LogP contribution is -2.48. The highest BCUT2D eigenvalue weighted by molar-refractivity contribution is 6.18. The Morgan fingerprint density at radius 1 is 1.58 bits per heavy atom. The van der Waals surface area contributed by atoms with Crippen molar-refractivity contribution < 1.29 is 4.74 Å². The zero-order chi connectivity index (χ0) is 9.19. The number of nitrogens with zero attached hydrogens (tertiary/aromatic N) is 1. The SMILES string of the molecule is CN(C1CCOC1)C(C)(C)CCl. The van der Waals surface area contributed by atoms with Crippen molar-refractivity contribution in [3.05, 3.63) is 0 Å². The molecule has 1 aliphatic heterocycles. The molecule has 3 heteroatoms. The van der Waals surface area contributed by atoms with Gasteiger partial charge in [-0.1, -0.05) is 0 Å². The molecular weight excluding hydrogens is 174 g/mol. The second kappa shape index (κ2) is 3.95. The Morgan fingerprint density at radius 2 is 2.25 bits per heavy atom. The van der Waals surface area contributed by atoms with Crippen molar-refractivity contribution in [3.8, 4) is 0 Å². The van der Waals surface area contributed by atoms with Crippen LogP contribution < -0.4 is 0 Å². The molecule has 0 N–H and O–H groups in total. The molecule has 0 aliphatic carbocycles. The molecule has 0 bridgehead atoms. The van der Waals surface area contributed by atoms with E-state index >= 15 is 0 Å². The van der Waals surface area contributed by atoms with Crippen LogP contribution in [0.5, 0.6) is 0 Å². The molecule has 1 unspecified atom stereocenters. The van der Waals surface area contributed by atoms with Crippen LogP contribution in [0.1, 0.15) is 20.3 Å². The maximum atomic E-state index is 5.88. The summed E-state index contributed by atoms with van der Waals surface area (Å²) in [6, 6.07) is 0.554. The second-order valence-electron chi connectivity index (χ2n) is 4.07. The largest absolute Gasteiger partial charge is 0.380 e. The van der Waals surface area contributed by atoms with E-state index in [0.717, 1.165) is 19.6 Å². The summed E-state index contributed by atoms with van der Waals surface area (Å²) in [7, 11) is 2.13. The maximum Gasteiger partial charge on any atom is 0.0622 e. The maximum absolute atomic E-state index is 5.88. The fraction of sp³-hybridized carbons (Fsp3) is 1.00. The van der Waals surface area contributed by atoms with E-state index in [0.29, 0.717) is 11.9 Å². The first-order valence-electron chi connectivity index (χ1n) is 4.44. The fourth-order valence-corrected chi connectivity index (χ4v) is 1.60. The van der Waals surface area contributed by atoms with Gasteiger partial charge in [0.05, 0.1) is 6.61 Å². The van der Waals surface area contributed by atoms with Crippen LogP contribution in [0.15, 0.2) is 0 Å². The highest BCUT2D eigenvalue weighted by Crippen LogP contribution is 2.21. The highest BCUT2D eigenvalue weighted by Gasteiger charge is 2.30. The van der Waals surface area contributed by atoms with E-state index in [1.165, 1.54) is 0 Å². The van der Waals surface area contributed by atoms with Crippen molar-refractivity contribution >= 4 is 11.6 Å². The van der Waals surface area contributed by atoms with E-state index < -0.39 is 0 Å². The molecule has 2 nitrogen and oxygen atoms in total. The summed E-state index contributed by atoms with van der Waals surface area (Å²) < 4.78 is 5.33. The predicted molar refractivity (Wildman–Crippen MR) is 51.8 cm³/mol. The lowest BCUT2D eigenvalue weighted by molar-refractivity contribution is 0.0991. The Kier molecular flexibility index (Phi) is 3.38. The van der Waals surface area contributed by atoms with Gasteiger partial charge in [-0.25, -0.2) is 0 Å². The van der Waals surface area contributed by atoms with Crippen molar-refractivity contribution in [1.29, 1.82) is 0 Å². The fourth-order valence-electron chi connectivity index (χ4n) is 1.42. The quantitative estimate of drug-likeness (QED) is 0.630. The average molecular weight is 192 g/mol. The number of hydrogen-bond donors (Lipinski definition) is 0. The molecule has 0 saturated carbocycles. The van der Waals surface area contributed by atoms with Gasteiger partial charge in [0.2, 0.25) is 0 Å². The molecule has 1 heterocycles. The van der Waals surface area contributed by atoms with Gasteiger partial charge in [0, 0.05) is 24.1 Å². The van der Waals surface area contributed by atoms with Crippen LogP contribution in [0, 0.1) is 0 Å². The van der Waals surface area contributed by atoms with Gasteiger partial charge in [-0.05, 0) is 27.3 Å². The smallest absolute Gasteiger partial charge is 0.0622 e. The summed E-state index contributed by atoms with van der Waals surface area (Å²) in [5.74, 6) is 0.667. The molecule has 1 atom stereocenters. The number of alkyl halides is 1. The number of likely N-dealkylation sites (N-methyl/N-ethyl adjacent to an activating group) is 1. The Labute approximate surface area is 79.8 Å². The molecule has 1 aliphatic rings. The molecular formula is C9H18ClNO. The van der Waals surface area contributed by atoms with Gasteiger partial charge in [-0.2, -0.15) is 0 Å². The van der Waals surface area contributed by atoms with E-state index in [1.54, 1.807) is 0 Å². The molecule has 0 aromatic rings. The van der Waals surface area contributed by atoms with E-state index in [9.17, 15) is 0 Å². The zero-order valence-electron chi connectivity index (χ0n) is 8.14. The standard InChI is InChI=1S/C9H18ClNO/c1-9(2,7-10)11(3)8-4-5-12-6-8/h8H,4-7H2,1-3H3. The van der Waals surface area contributed by atoms with Gasteiger partial charge in [-0.3, -0.25) is 4.90 Å². The molecule has 1 fully saturated rings. The minimum Gasteiger partial charge on any atom is -0.380 e. The van der Waals surface area contributed by atoms with Crippen molar-refractivity contribution in [2.45, 2.75) is 31.8 Å². The van der Waals surface area contributed by atoms with Crippen LogP contribution in [0.4, 0.5) is 0 Å². The van der Waals surface area contributed by atoms with Gasteiger partial charge in [-0.15, -0.1) is 11.6 Å². The monoisotopic (exact) mass is 191 g/mol. The first-order chi connectivity index (χ1) is 5.58. The van der Waals surface area contributed by atoms with E-state index in [1.807, 2.05) is 0 Å². The topological polar surface area (TPSA) is 12.5 Å². The normalized spacial score (nSPS) is 25.2. The number of ether oxygens (including phenoxy) is 1. The molecule has 0 aromatic heterocycles. The summed E-state index contributed by atoms with van der Waals surface area (Å²) in [5.41, 5.74) is 0.0833. The first-order valence-corrected chi connectivity index (χ1v) is 4.98. The molecule has 0 aromatic carbocycles. The molecule has 72 valence electrons. The van der Waals surface area contributed by atoms with E-state index in [2.05, 4.69) is 25.8 Å².